The first kappa shape index (κ1) is 20.0. The summed E-state index contributed by atoms with van der Waals surface area (Å²) in [4.78, 5) is 30.7. The predicted molar refractivity (Wildman–Crippen MR) is 124 cm³/mol. The van der Waals surface area contributed by atoms with Crippen LogP contribution in [-0.2, 0) is 0 Å². The molecule has 0 aliphatic rings. The molecular weight excluding hydrogens is 392 g/mol. The van der Waals surface area contributed by atoms with Gasteiger partial charge in [-0.3, -0.25) is 19.5 Å². The third-order valence-electron chi connectivity index (χ3n) is 4.93. The number of fused-ring (bicyclic) bond motifs is 1. The molecule has 0 bridgehead atoms. The van der Waals surface area contributed by atoms with Crippen LogP contribution in [0, 0.1) is 10.1 Å². The Balaban J connectivity index is 1.87. The second-order valence-electron chi connectivity index (χ2n) is 7.22. The summed E-state index contributed by atoms with van der Waals surface area (Å²) in [6.07, 6.45) is 3.61. The number of aromatic nitrogens is 2. The number of benzene rings is 3. The van der Waals surface area contributed by atoms with E-state index >= 15 is 0 Å². The van der Waals surface area contributed by atoms with Gasteiger partial charge in [-0.25, -0.2) is 4.98 Å². The summed E-state index contributed by atoms with van der Waals surface area (Å²) < 4.78 is 1.40. The molecule has 0 atom stereocenters. The molecule has 4 rings (SSSR count). The molecule has 154 valence electrons. The average molecular weight is 412 g/mol. The van der Waals surface area contributed by atoms with Gasteiger partial charge in [-0.2, -0.15) is 0 Å². The minimum atomic E-state index is -0.481. The molecule has 0 aliphatic heterocycles. The van der Waals surface area contributed by atoms with E-state index < -0.39 is 4.92 Å². The van der Waals surface area contributed by atoms with Gasteiger partial charge in [-0.15, -0.1) is 0 Å². The molecule has 4 aromatic rings. The lowest BCUT2D eigenvalue weighted by atomic mass is 10.1. The van der Waals surface area contributed by atoms with Crippen LogP contribution in [-0.4, -0.2) is 28.6 Å². The van der Waals surface area contributed by atoms with Gasteiger partial charge in [-0.1, -0.05) is 36.4 Å². The van der Waals surface area contributed by atoms with Crippen LogP contribution in [0.3, 0.4) is 0 Å². The van der Waals surface area contributed by atoms with Gasteiger partial charge in [0.1, 0.15) is 5.82 Å². The van der Waals surface area contributed by atoms with Crippen LogP contribution in [0.4, 0.5) is 11.4 Å². The van der Waals surface area contributed by atoms with Gasteiger partial charge in [0.2, 0.25) is 0 Å². The van der Waals surface area contributed by atoms with Crippen molar-refractivity contribution in [2.45, 2.75) is 0 Å². The lowest BCUT2D eigenvalue weighted by Gasteiger charge is -2.12. The normalized spacial score (nSPS) is 11.2. The van der Waals surface area contributed by atoms with E-state index in [1.54, 1.807) is 36.4 Å². The molecule has 0 unspecified atom stereocenters. The maximum absolute atomic E-state index is 13.3. The van der Waals surface area contributed by atoms with E-state index in [-0.39, 0.29) is 11.2 Å². The van der Waals surface area contributed by atoms with Crippen molar-refractivity contribution in [1.29, 1.82) is 0 Å². The Morgan fingerprint density at radius 3 is 2.42 bits per heavy atom. The van der Waals surface area contributed by atoms with Crippen LogP contribution < -0.4 is 10.5 Å². The van der Waals surface area contributed by atoms with E-state index in [0.717, 1.165) is 11.3 Å². The van der Waals surface area contributed by atoms with Gasteiger partial charge in [0.25, 0.3) is 11.2 Å². The minimum absolute atomic E-state index is 0.0910. The summed E-state index contributed by atoms with van der Waals surface area (Å²) in [5.74, 6) is 0.390. The number of nitro benzene ring substituents is 1. The lowest BCUT2D eigenvalue weighted by molar-refractivity contribution is -0.384. The Bertz CT molecular complexity index is 1360. The largest absolute Gasteiger partial charge is 0.378 e. The number of nitro groups is 1. The number of hydrogen-bond donors (Lipinski definition) is 0. The Hall–Kier alpha value is -4.26. The van der Waals surface area contributed by atoms with E-state index in [1.807, 2.05) is 55.4 Å². The topological polar surface area (TPSA) is 81.3 Å². The van der Waals surface area contributed by atoms with E-state index in [1.165, 1.54) is 16.7 Å². The first-order chi connectivity index (χ1) is 14.9. The highest BCUT2D eigenvalue weighted by Gasteiger charge is 2.14. The maximum Gasteiger partial charge on any atom is 0.271 e. The lowest BCUT2D eigenvalue weighted by Crippen LogP contribution is -2.22. The summed E-state index contributed by atoms with van der Waals surface area (Å²) >= 11 is 0. The third-order valence-corrected chi connectivity index (χ3v) is 4.93. The molecule has 1 heterocycles. The minimum Gasteiger partial charge on any atom is -0.378 e. The summed E-state index contributed by atoms with van der Waals surface area (Å²) in [5, 5.41) is 11.7. The van der Waals surface area contributed by atoms with E-state index in [9.17, 15) is 14.9 Å². The Labute approximate surface area is 178 Å². The zero-order valence-corrected chi connectivity index (χ0v) is 17.1. The van der Waals surface area contributed by atoms with E-state index in [4.69, 9.17) is 0 Å². The number of rotatable bonds is 5. The van der Waals surface area contributed by atoms with Crippen LogP contribution in [0.25, 0.3) is 28.7 Å². The van der Waals surface area contributed by atoms with Crippen LogP contribution in [0.2, 0.25) is 0 Å². The first-order valence-electron chi connectivity index (χ1n) is 9.66. The molecule has 1 aromatic heterocycles. The van der Waals surface area contributed by atoms with Gasteiger partial charge in [0.15, 0.2) is 0 Å². The molecule has 7 heteroatoms. The SMILES string of the molecule is CN(C)c1ccc(C=Cc2nc3ccccc3c(=O)n2-c2cccc([N+](=O)[O-])c2)cc1. The second kappa shape index (κ2) is 8.23. The Morgan fingerprint density at radius 1 is 0.968 bits per heavy atom. The highest BCUT2D eigenvalue weighted by Crippen LogP contribution is 2.20. The molecule has 0 spiro atoms. The van der Waals surface area contributed by atoms with Crippen LogP contribution in [0.5, 0.6) is 0 Å². The molecule has 3 aromatic carbocycles. The van der Waals surface area contributed by atoms with Crippen LogP contribution in [0.1, 0.15) is 11.4 Å². The van der Waals surface area contributed by atoms with Crippen molar-refractivity contribution in [2.75, 3.05) is 19.0 Å². The molecule has 0 amide bonds. The fourth-order valence-electron chi connectivity index (χ4n) is 3.31. The standard InChI is InChI=1S/C24H20N4O3/c1-26(2)18-13-10-17(11-14-18)12-15-23-25-22-9-4-3-8-21(22)24(29)27(23)19-6-5-7-20(16-19)28(30)31/h3-16H,1-2H3. The van der Waals surface area contributed by atoms with Crippen molar-refractivity contribution in [1.82, 2.24) is 9.55 Å². The van der Waals surface area contributed by atoms with Crippen molar-refractivity contribution < 1.29 is 4.92 Å². The summed E-state index contributed by atoms with van der Waals surface area (Å²) in [6.45, 7) is 0. The van der Waals surface area contributed by atoms with Gasteiger partial charge in [0.05, 0.1) is 21.5 Å². The molecule has 0 saturated heterocycles. The highest BCUT2D eigenvalue weighted by molar-refractivity contribution is 5.80. The number of para-hydroxylation sites is 1. The van der Waals surface area contributed by atoms with Crippen molar-refractivity contribution in [3.05, 3.63) is 105 Å². The summed E-state index contributed by atoms with van der Waals surface area (Å²) in [5.41, 5.74) is 2.60. The van der Waals surface area contributed by atoms with Crippen molar-refractivity contribution in [3.63, 3.8) is 0 Å². The molecule has 0 aliphatic carbocycles. The monoisotopic (exact) mass is 412 g/mol. The number of hydrogen-bond acceptors (Lipinski definition) is 5. The van der Waals surface area contributed by atoms with Gasteiger partial charge < -0.3 is 4.90 Å². The van der Waals surface area contributed by atoms with E-state index in [2.05, 4.69) is 4.98 Å². The van der Waals surface area contributed by atoms with E-state index in [0.29, 0.717) is 22.4 Å². The first-order valence-corrected chi connectivity index (χ1v) is 9.66. The average Bonchev–Trinajstić information content (AvgIpc) is 2.78. The summed E-state index contributed by atoms with van der Waals surface area (Å²) in [7, 11) is 3.95. The smallest absolute Gasteiger partial charge is 0.271 e. The zero-order valence-electron chi connectivity index (χ0n) is 17.1. The number of nitrogens with zero attached hydrogens (tertiary/aromatic N) is 4. The molecule has 0 saturated carbocycles. The van der Waals surface area contributed by atoms with Crippen molar-refractivity contribution >= 4 is 34.4 Å². The van der Waals surface area contributed by atoms with Crippen LogP contribution >= 0.6 is 0 Å². The van der Waals surface area contributed by atoms with Crippen LogP contribution in [0.15, 0.2) is 77.6 Å². The predicted octanol–water partition coefficient (Wildman–Crippen LogP) is 4.53. The second-order valence-corrected chi connectivity index (χ2v) is 7.22. The number of non-ortho nitro benzene ring substituents is 1. The fraction of sp³-hybridized carbons (Fsp3) is 0.0833. The van der Waals surface area contributed by atoms with Crippen molar-refractivity contribution in [2.24, 2.45) is 0 Å². The quantitative estimate of drug-likeness (QED) is 0.355. The zero-order chi connectivity index (χ0) is 22.0. The van der Waals surface area contributed by atoms with Crippen molar-refractivity contribution in [3.8, 4) is 5.69 Å². The molecule has 31 heavy (non-hydrogen) atoms. The third kappa shape index (κ3) is 4.06. The number of anilines is 1. The summed E-state index contributed by atoms with van der Waals surface area (Å²) in [6, 6.07) is 21.0. The van der Waals surface area contributed by atoms with Gasteiger partial charge in [-0.05, 0) is 42.0 Å². The van der Waals surface area contributed by atoms with Gasteiger partial charge in [0, 0.05) is 31.9 Å². The molecular formula is C24H20N4O3. The maximum atomic E-state index is 13.3. The molecule has 7 nitrogen and oxygen atoms in total. The Morgan fingerprint density at radius 2 is 1.71 bits per heavy atom. The van der Waals surface area contributed by atoms with Gasteiger partial charge >= 0.3 is 0 Å². The Kier molecular flexibility index (Phi) is 5.32. The molecule has 0 radical (unpaired) electrons. The molecule has 0 fully saturated rings. The molecule has 0 N–H and O–H groups in total. The fourth-order valence-corrected chi connectivity index (χ4v) is 3.31. The highest BCUT2D eigenvalue weighted by atomic mass is 16.6.